The molecule has 0 bridgehead atoms. The molecule has 3 N–H and O–H groups in total. The lowest BCUT2D eigenvalue weighted by Gasteiger charge is -2.19. The summed E-state index contributed by atoms with van der Waals surface area (Å²) in [5.74, 6) is 0.683. The Labute approximate surface area is 198 Å². The van der Waals surface area contributed by atoms with Crippen molar-refractivity contribution in [3.63, 3.8) is 0 Å². The van der Waals surface area contributed by atoms with Gasteiger partial charge < -0.3 is 24.0 Å². The van der Waals surface area contributed by atoms with Crippen molar-refractivity contribution in [3.8, 4) is 22.8 Å². The first-order chi connectivity index (χ1) is 16.2. The van der Waals surface area contributed by atoms with E-state index in [0.29, 0.717) is 42.5 Å². The number of aromatic nitrogens is 2. The highest BCUT2D eigenvalue weighted by Gasteiger charge is 2.24. The van der Waals surface area contributed by atoms with Crippen LogP contribution in [0.25, 0.3) is 22.8 Å². The van der Waals surface area contributed by atoms with Crippen LogP contribution >= 0.6 is 7.60 Å². The SMILES string of the molecule is CCOP(=O)(Cc1ccc(-c2noc(-c3ccc(NCC(C)(C)O)c(N=N)c3)n2)cc1)OCC. The van der Waals surface area contributed by atoms with Crippen LogP contribution in [-0.2, 0) is 19.8 Å². The summed E-state index contributed by atoms with van der Waals surface area (Å²) in [6.45, 7) is 7.87. The third kappa shape index (κ3) is 6.80. The highest BCUT2D eigenvalue weighted by Crippen LogP contribution is 2.51. The minimum atomic E-state index is -3.18. The van der Waals surface area contributed by atoms with E-state index in [9.17, 15) is 9.67 Å². The zero-order chi connectivity index (χ0) is 24.8. The van der Waals surface area contributed by atoms with Crippen LogP contribution in [0.3, 0.4) is 0 Å². The maximum atomic E-state index is 12.7. The van der Waals surface area contributed by atoms with E-state index in [-0.39, 0.29) is 12.1 Å². The molecule has 3 rings (SSSR count). The summed E-state index contributed by atoms with van der Waals surface area (Å²) in [7, 11) is -3.18. The summed E-state index contributed by atoms with van der Waals surface area (Å²) in [5, 5.41) is 20.6. The van der Waals surface area contributed by atoms with Gasteiger partial charge in [0.1, 0.15) is 5.69 Å². The second-order valence-electron chi connectivity index (χ2n) is 8.23. The van der Waals surface area contributed by atoms with Crippen molar-refractivity contribution in [2.24, 2.45) is 5.11 Å². The lowest BCUT2D eigenvalue weighted by atomic mass is 10.1. The van der Waals surface area contributed by atoms with E-state index in [1.165, 1.54) is 0 Å². The summed E-state index contributed by atoms with van der Waals surface area (Å²) >= 11 is 0. The molecule has 0 saturated heterocycles. The molecule has 3 aromatic rings. The van der Waals surface area contributed by atoms with Gasteiger partial charge in [0.05, 0.1) is 30.7 Å². The molecule has 1 aromatic heterocycles. The molecule has 2 aromatic carbocycles. The van der Waals surface area contributed by atoms with Crippen molar-refractivity contribution < 1.29 is 23.2 Å². The number of aliphatic hydroxyl groups is 1. The number of hydrogen-bond donors (Lipinski definition) is 3. The average Bonchev–Trinajstić information content (AvgIpc) is 3.28. The molecule has 1 heterocycles. The molecule has 0 radical (unpaired) electrons. The van der Waals surface area contributed by atoms with Crippen molar-refractivity contribution in [3.05, 3.63) is 48.0 Å². The molecule has 11 heteroatoms. The second-order valence-corrected chi connectivity index (χ2v) is 10.3. The van der Waals surface area contributed by atoms with Gasteiger partial charge >= 0.3 is 7.60 Å². The Balaban J connectivity index is 1.76. The number of nitrogens with zero attached hydrogens (tertiary/aromatic N) is 3. The molecule has 0 unspecified atom stereocenters. The Hall–Kier alpha value is -2.91. The van der Waals surface area contributed by atoms with Gasteiger partial charge in [-0.1, -0.05) is 29.4 Å². The third-order valence-corrected chi connectivity index (χ3v) is 6.80. The fraction of sp³-hybridized carbons (Fsp3) is 0.391. The Bertz CT molecular complexity index is 1150. The molecule has 182 valence electrons. The van der Waals surface area contributed by atoms with Crippen LogP contribution in [0.2, 0.25) is 0 Å². The minimum Gasteiger partial charge on any atom is -0.389 e. The van der Waals surface area contributed by atoms with Gasteiger partial charge in [0, 0.05) is 17.7 Å². The molecule has 0 saturated carbocycles. The van der Waals surface area contributed by atoms with Gasteiger partial charge in [0.2, 0.25) is 5.82 Å². The summed E-state index contributed by atoms with van der Waals surface area (Å²) in [6, 6.07) is 12.5. The Morgan fingerprint density at radius 3 is 2.35 bits per heavy atom. The first-order valence-corrected chi connectivity index (χ1v) is 12.7. The minimum absolute atomic E-state index is 0.180. The third-order valence-electron chi connectivity index (χ3n) is 4.74. The van der Waals surface area contributed by atoms with Crippen molar-refractivity contribution in [2.75, 3.05) is 25.1 Å². The smallest absolute Gasteiger partial charge is 0.335 e. The van der Waals surface area contributed by atoms with Crippen molar-refractivity contribution in [1.29, 1.82) is 5.53 Å². The average molecular weight is 487 g/mol. The van der Waals surface area contributed by atoms with Crippen LogP contribution in [0.1, 0.15) is 33.3 Å². The van der Waals surface area contributed by atoms with Crippen LogP contribution in [0.5, 0.6) is 0 Å². The highest BCUT2D eigenvalue weighted by molar-refractivity contribution is 7.53. The molecule has 0 spiro atoms. The largest absolute Gasteiger partial charge is 0.389 e. The quantitative estimate of drug-likeness (QED) is 0.208. The monoisotopic (exact) mass is 487 g/mol. The summed E-state index contributed by atoms with van der Waals surface area (Å²) in [4.78, 5) is 4.46. The van der Waals surface area contributed by atoms with Crippen molar-refractivity contribution in [1.82, 2.24) is 10.1 Å². The van der Waals surface area contributed by atoms with E-state index in [1.807, 2.05) is 24.3 Å². The lowest BCUT2D eigenvalue weighted by Crippen LogP contribution is -2.29. The number of nitrogens with one attached hydrogen (secondary N) is 2. The van der Waals surface area contributed by atoms with Crippen LogP contribution in [0, 0.1) is 5.53 Å². The predicted octanol–water partition coefficient (Wildman–Crippen LogP) is 6.01. The van der Waals surface area contributed by atoms with Gasteiger partial charge in [-0.25, -0.2) is 5.53 Å². The Morgan fingerprint density at radius 2 is 1.76 bits per heavy atom. The van der Waals surface area contributed by atoms with Crippen LogP contribution in [-0.4, -0.2) is 40.6 Å². The maximum absolute atomic E-state index is 12.7. The van der Waals surface area contributed by atoms with Crippen molar-refractivity contribution >= 4 is 19.0 Å². The molecule has 34 heavy (non-hydrogen) atoms. The number of hydrogen-bond acceptors (Lipinski definition) is 10. The van der Waals surface area contributed by atoms with Gasteiger partial charge in [-0.15, -0.1) is 0 Å². The Morgan fingerprint density at radius 1 is 1.12 bits per heavy atom. The normalized spacial score (nSPS) is 12.0. The molecule has 0 fully saturated rings. The van der Waals surface area contributed by atoms with E-state index in [1.54, 1.807) is 45.9 Å². The van der Waals surface area contributed by atoms with Gasteiger partial charge in [-0.2, -0.15) is 10.1 Å². The zero-order valence-electron chi connectivity index (χ0n) is 19.7. The molecular formula is C23H30N5O5P. The van der Waals surface area contributed by atoms with Gasteiger partial charge in [-0.05, 0) is 51.5 Å². The van der Waals surface area contributed by atoms with E-state index < -0.39 is 13.2 Å². The Kier molecular flexibility index (Phi) is 8.33. The van der Waals surface area contributed by atoms with E-state index in [2.05, 4.69) is 20.6 Å². The van der Waals surface area contributed by atoms with Crippen molar-refractivity contribution in [2.45, 2.75) is 39.5 Å². The van der Waals surface area contributed by atoms with Crippen LogP contribution in [0.4, 0.5) is 11.4 Å². The molecule has 0 aliphatic heterocycles. The van der Waals surface area contributed by atoms with E-state index >= 15 is 0 Å². The number of rotatable bonds is 12. The summed E-state index contributed by atoms with van der Waals surface area (Å²) in [5.41, 5.74) is 9.73. The van der Waals surface area contributed by atoms with E-state index in [0.717, 1.165) is 11.1 Å². The van der Waals surface area contributed by atoms with Gasteiger partial charge in [-0.3, -0.25) is 4.57 Å². The topological polar surface area (TPSA) is 143 Å². The van der Waals surface area contributed by atoms with Gasteiger partial charge in [0.15, 0.2) is 0 Å². The van der Waals surface area contributed by atoms with Gasteiger partial charge in [0.25, 0.3) is 5.89 Å². The second kappa shape index (κ2) is 11.0. The van der Waals surface area contributed by atoms with E-state index in [4.69, 9.17) is 19.1 Å². The molecule has 0 aliphatic rings. The molecule has 0 atom stereocenters. The molecule has 0 amide bonds. The van der Waals surface area contributed by atoms with Crippen LogP contribution in [0.15, 0.2) is 52.1 Å². The first-order valence-electron chi connectivity index (χ1n) is 11.0. The highest BCUT2D eigenvalue weighted by atomic mass is 31.2. The zero-order valence-corrected chi connectivity index (χ0v) is 20.6. The molecule has 10 nitrogen and oxygen atoms in total. The summed E-state index contributed by atoms with van der Waals surface area (Å²) in [6.07, 6.45) is 0.180. The fourth-order valence-electron chi connectivity index (χ4n) is 3.18. The lowest BCUT2D eigenvalue weighted by molar-refractivity contribution is 0.0945. The molecular weight excluding hydrogens is 457 g/mol. The summed E-state index contributed by atoms with van der Waals surface area (Å²) < 4.78 is 28.9. The molecule has 0 aliphatic carbocycles. The maximum Gasteiger partial charge on any atom is 0.335 e. The standard InChI is InChI=1S/C23H30N5O5P/c1-5-31-34(30,32-6-2)14-16-7-9-17(10-8-16)21-26-22(33-28-21)18-11-12-19(20(13-18)27-24)25-15-23(3,4)29/h7-13,24-25,29H,5-6,14-15H2,1-4H3. The fourth-order valence-corrected chi connectivity index (χ4v) is 4.88. The number of anilines is 1. The van der Waals surface area contributed by atoms with Crippen LogP contribution < -0.4 is 5.32 Å². The first kappa shape index (κ1) is 25.7. The predicted molar refractivity (Wildman–Crippen MR) is 129 cm³/mol. The number of benzene rings is 2.